The van der Waals surface area contributed by atoms with E-state index in [0.29, 0.717) is 18.0 Å². The summed E-state index contributed by atoms with van der Waals surface area (Å²) in [4.78, 5) is 26.4. The number of aromatic nitrogens is 3. The molecule has 200 valence electrons. The smallest absolute Gasteiger partial charge is 0.184 e. The fourth-order valence-electron chi connectivity index (χ4n) is 5.73. The molecule has 3 heterocycles. The fraction of sp³-hybridized carbons (Fsp3) is 0.355. The number of benzene rings is 2. The fourth-order valence-corrected chi connectivity index (χ4v) is 6.97. The van der Waals surface area contributed by atoms with Gasteiger partial charge in [0.2, 0.25) is 0 Å². The maximum atomic E-state index is 13.1. The minimum atomic E-state index is -3.56. The van der Waals surface area contributed by atoms with Crippen LogP contribution in [0.2, 0.25) is 0 Å². The lowest BCUT2D eigenvalue weighted by Crippen LogP contribution is -2.27. The molecule has 0 unspecified atom stereocenters. The van der Waals surface area contributed by atoms with Gasteiger partial charge in [-0.1, -0.05) is 30.3 Å². The molecule has 8 heteroatoms. The molecule has 2 aromatic carbocycles. The topological polar surface area (TPSA) is 102 Å². The normalized spacial score (nSPS) is 19.7. The molecule has 1 aliphatic carbocycles. The number of fused-ring (bicyclic) bond motifs is 1. The number of nitrogens with one attached hydrogen (secondary N) is 1. The van der Waals surface area contributed by atoms with Crippen LogP contribution in [-0.4, -0.2) is 42.2 Å². The Morgan fingerprint density at radius 3 is 2.54 bits per heavy atom. The summed E-state index contributed by atoms with van der Waals surface area (Å²) in [5.74, 6) is 0.500. The molecule has 0 spiro atoms. The molecule has 1 aliphatic heterocycles. The number of nitrogens with zero attached hydrogens (tertiary/aromatic N) is 3. The monoisotopic (exact) mass is 540 g/mol. The van der Waals surface area contributed by atoms with Crippen molar-refractivity contribution in [3.05, 3.63) is 95.3 Å². The number of piperidine rings is 1. The van der Waals surface area contributed by atoms with E-state index in [1.165, 1.54) is 0 Å². The zero-order valence-corrected chi connectivity index (χ0v) is 22.8. The van der Waals surface area contributed by atoms with Gasteiger partial charge in [0.05, 0.1) is 22.0 Å². The third kappa shape index (κ3) is 5.63. The summed E-state index contributed by atoms with van der Waals surface area (Å²) in [5, 5.41) is 5.54. The van der Waals surface area contributed by atoms with Crippen molar-refractivity contribution < 1.29 is 13.2 Å². The van der Waals surface area contributed by atoms with Gasteiger partial charge in [-0.25, -0.2) is 8.42 Å². The van der Waals surface area contributed by atoms with E-state index in [0.717, 1.165) is 65.5 Å². The van der Waals surface area contributed by atoms with Gasteiger partial charge in [-0.05, 0) is 79.4 Å². The molecule has 0 bridgehead atoms. The second-order valence-corrected chi connectivity index (χ2v) is 12.9. The molecular weight excluding hydrogens is 508 g/mol. The molecule has 39 heavy (non-hydrogen) atoms. The minimum absolute atomic E-state index is 0.0188. The quantitative estimate of drug-likeness (QED) is 0.346. The number of carbonyl (C=O) groups excluding carboxylic acids is 1. The Bertz CT molecular complexity index is 1630. The molecule has 0 amide bonds. The molecule has 1 N–H and O–H groups in total. The Morgan fingerprint density at radius 2 is 1.74 bits per heavy atom. The van der Waals surface area contributed by atoms with Crippen LogP contribution >= 0.6 is 0 Å². The summed E-state index contributed by atoms with van der Waals surface area (Å²) in [7, 11) is -3.56. The highest BCUT2D eigenvalue weighted by Crippen LogP contribution is 2.48. The van der Waals surface area contributed by atoms with Gasteiger partial charge in [-0.2, -0.15) is 0 Å². The van der Waals surface area contributed by atoms with E-state index in [4.69, 9.17) is 0 Å². The van der Waals surface area contributed by atoms with Gasteiger partial charge < -0.3 is 5.32 Å². The number of hydrogen-bond acceptors (Lipinski definition) is 7. The van der Waals surface area contributed by atoms with E-state index in [9.17, 15) is 13.2 Å². The molecule has 2 aromatic heterocycles. The lowest BCUT2D eigenvalue weighted by atomic mass is 9.95. The summed E-state index contributed by atoms with van der Waals surface area (Å²) >= 11 is 0. The average Bonchev–Trinajstić information content (AvgIpc) is 3.76. The van der Waals surface area contributed by atoms with Gasteiger partial charge in [0.25, 0.3) is 0 Å². The first kappa shape index (κ1) is 25.8. The molecule has 7 nitrogen and oxygen atoms in total. The number of carbonyl (C=O) groups is 1. The van der Waals surface area contributed by atoms with Crippen molar-refractivity contribution in [1.82, 2.24) is 20.3 Å². The Hall–Kier alpha value is -3.49. The Balaban J connectivity index is 1.09. The summed E-state index contributed by atoms with van der Waals surface area (Å²) in [5.41, 5.74) is 4.48. The van der Waals surface area contributed by atoms with Crippen molar-refractivity contribution in [2.45, 2.75) is 55.1 Å². The van der Waals surface area contributed by atoms with Crippen LogP contribution in [0.4, 0.5) is 0 Å². The van der Waals surface area contributed by atoms with E-state index < -0.39 is 9.84 Å². The average molecular weight is 541 g/mol. The first-order valence-electron chi connectivity index (χ1n) is 13.6. The van der Waals surface area contributed by atoms with E-state index in [1.54, 1.807) is 24.5 Å². The highest BCUT2D eigenvalue weighted by molar-refractivity contribution is 7.90. The standard InChI is InChI=1S/C31H32N4O3S/c1-20-15-33-16-24-3-2-21(12-27(20)24)13-31(36)29-14-28(29)22-4-6-26(7-5-22)39(37,38)19-25-17-34-18-30(35-25)23-8-10-32-11-9-23/h2-7,12,15-18,23,28-29,32H,8-11,13-14,19H2,1H3/t28-,29+/m0/s1. The van der Waals surface area contributed by atoms with E-state index in [-0.39, 0.29) is 28.3 Å². The molecule has 6 rings (SSSR count). The first-order valence-corrected chi connectivity index (χ1v) is 15.2. The van der Waals surface area contributed by atoms with Gasteiger partial charge in [0.15, 0.2) is 9.84 Å². The van der Waals surface area contributed by atoms with Gasteiger partial charge in [-0.15, -0.1) is 0 Å². The van der Waals surface area contributed by atoms with Gasteiger partial charge in [0.1, 0.15) is 5.78 Å². The molecular formula is C31H32N4O3S. The van der Waals surface area contributed by atoms with Crippen molar-refractivity contribution in [2.24, 2.45) is 5.92 Å². The van der Waals surface area contributed by atoms with Gasteiger partial charge >= 0.3 is 0 Å². The van der Waals surface area contributed by atoms with Crippen molar-refractivity contribution in [3.8, 4) is 0 Å². The van der Waals surface area contributed by atoms with Crippen LogP contribution in [0, 0.1) is 12.8 Å². The van der Waals surface area contributed by atoms with E-state index in [1.807, 2.05) is 43.6 Å². The van der Waals surface area contributed by atoms with Gasteiger partial charge in [-0.3, -0.25) is 19.7 Å². The number of sulfone groups is 1. The first-order chi connectivity index (χ1) is 18.9. The number of ketones is 1. The van der Waals surface area contributed by atoms with Crippen molar-refractivity contribution >= 4 is 26.4 Å². The molecule has 0 radical (unpaired) electrons. The van der Waals surface area contributed by atoms with Crippen LogP contribution in [-0.2, 0) is 26.8 Å². The molecule has 1 saturated heterocycles. The second-order valence-electron chi connectivity index (χ2n) is 10.9. The largest absolute Gasteiger partial charge is 0.317 e. The third-order valence-corrected chi connectivity index (χ3v) is 9.74. The predicted octanol–water partition coefficient (Wildman–Crippen LogP) is 4.69. The Morgan fingerprint density at radius 1 is 0.974 bits per heavy atom. The zero-order valence-electron chi connectivity index (χ0n) is 22.0. The number of rotatable bonds is 8. The summed E-state index contributed by atoms with van der Waals surface area (Å²) in [6.45, 7) is 3.91. The third-order valence-electron chi connectivity index (χ3n) is 8.07. The van der Waals surface area contributed by atoms with Crippen molar-refractivity contribution in [3.63, 3.8) is 0 Å². The number of aryl methyl sites for hydroxylation is 1. The number of pyridine rings is 1. The second kappa shape index (κ2) is 10.6. The zero-order chi connectivity index (χ0) is 27.0. The van der Waals surface area contributed by atoms with E-state index in [2.05, 4.69) is 26.3 Å². The number of Topliss-reactive ketones (excluding diaryl/α,β-unsaturated/α-hetero) is 1. The van der Waals surface area contributed by atoms with Crippen LogP contribution in [0.15, 0.2) is 72.1 Å². The van der Waals surface area contributed by atoms with E-state index >= 15 is 0 Å². The highest BCUT2D eigenvalue weighted by atomic mass is 32.2. The minimum Gasteiger partial charge on any atom is -0.317 e. The lowest BCUT2D eigenvalue weighted by molar-refractivity contribution is -0.119. The summed E-state index contributed by atoms with van der Waals surface area (Å²) < 4.78 is 26.3. The lowest BCUT2D eigenvalue weighted by Gasteiger charge is -2.22. The molecule has 2 atom stereocenters. The van der Waals surface area contributed by atoms with Crippen LogP contribution in [0.25, 0.3) is 10.8 Å². The molecule has 2 fully saturated rings. The van der Waals surface area contributed by atoms with Crippen molar-refractivity contribution in [1.29, 1.82) is 0 Å². The number of hydrogen-bond donors (Lipinski definition) is 1. The maximum Gasteiger partial charge on any atom is 0.184 e. The summed E-state index contributed by atoms with van der Waals surface area (Å²) in [6.07, 6.45) is 10.2. The van der Waals surface area contributed by atoms with Crippen molar-refractivity contribution in [2.75, 3.05) is 13.1 Å². The molecule has 1 saturated carbocycles. The molecule has 2 aliphatic rings. The maximum absolute atomic E-state index is 13.1. The van der Waals surface area contributed by atoms with Crippen LogP contribution in [0.3, 0.4) is 0 Å². The SMILES string of the molecule is Cc1cncc2ccc(CC(=O)[C@@H]3C[C@H]3c3ccc(S(=O)(=O)Cc4cncc(C5CCNCC5)n4)cc3)cc12. The van der Waals surface area contributed by atoms with Crippen LogP contribution < -0.4 is 5.32 Å². The van der Waals surface area contributed by atoms with Gasteiger partial charge in [0, 0.05) is 48.4 Å². The highest BCUT2D eigenvalue weighted by Gasteiger charge is 2.43. The summed E-state index contributed by atoms with van der Waals surface area (Å²) in [6, 6.07) is 13.2. The van der Waals surface area contributed by atoms with Crippen LogP contribution in [0.1, 0.15) is 59.2 Å². The van der Waals surface area contributed by atoms with Crippen LogP contribution in [0.5, 0.6) is 0 Å². The Kier molecular flexibility index (Phi) is 6.99. The Labute approximate surface area is 229 Å². The molecule has 4 aromatic rings. The predicted molar refractivity (Wildman–Crippen MR) is 150 cm³/mol.